The number of aryl methyl sites for hydroxylation is 1. The van der Waals surface area contributed by atoms with Crippen molar-refractivity contribution in [2.24, 2.45) is 0 Å². The first-order chi connectivity index (χ1) is 14.5. The number of rotatable bonds is 6. The Morgan fingerprint density at radius 3 is 2.83 bits per heavy atom. The molecule has 1 aromatic carbocycles. The van der Waals surface area contributed by atoms with E-state index < -0.39 is 5.97 Å². The van der Waals surface area contributed by atoms with Gasteiger partial charge in [-0.2, -0.15) is 0 Å². The minimum Gasteiger partial charge on any atom is -0.462 e. The van der Waals surface area contributed by atoms with Gasteiger partial charge in [-0.3, -0.25) is 9.36 Å². The Bertz CT molecular complexity index is 1260. The van der Waals surface area contributed by atoms with E-state index in [-0.39, 0.29) is 17.4 Å². The fourth-order valence-electron chi connectivity index (χ4n) is 3.03. The van der Waals surface area contributed by atoms with Crippen molar-refractivity contribution in [3.63, 3.8) is 0 Å². The second-order valence-electron chi connectivity index (χ2n) is 6.49. The Morgan fingerprint density at radius 1 is 1.33 bits per heavy atom. The van der Waals surface area contributed by atoms with E-state index in [1.807, 2.05) is 41.8 Å². The summed E-state index contributed by atoms with van der Waals surface area (Å²) in [6.07, 6.45) is 1.65. The number of H-pyrrole nitrogens is 1. The molecule has 0 amide bonds. The maximum Gasteiger partial charge on any atom is 0.348 e. The smallest absolute Gasteiger partial charge is 0.348 e. The standard InChI is InChI=1S/C20H19N5O3S2/c1-4-28-19(27)15-11(2)14-17(26)22-16(23-18(14)30-15)12(3)29-20-24-21-10-25(20)13-8-6-5-7-9-13/h5-10,12H,4H2,1-3H3,(H,22,23,26). The summed E-state index contributed by atoms with van der Waals surface area (Å²) < 4.78 is 6.97. The van der Waals surface area contributed by atoms with Crippen molar-refractivity contribution in [3.8, 4) is 5.69 Å². The second-order valence-corrected chi connectivity index (χ2v) is 8.79. The number of nitrogens with one attached hydrogen (secondary N) is 1. The summed E-state index contributed by atoms with van der Waals surface area (Å²) in [6, 6.07) is 9.77. The molecule has 0 aliphatic rings. The number of benzene rings is 1. The predicted molar refractivity (Wildman–Crippen MR) is 117 cm³/mol. The van der Waals surface area contributed by atoms with Crippen molar-refractivity contribution in [3.05, 3.63) is 63.3 Å². The quantitative estimate of drug-likeness (QED) is 0.357. The van der Waals surface area contributed by atoms with Crippen molar-refractivity contribution in [2.45, 2.75) is 31.2 Å². The minimum absolute atomic E-state index is 0.192. The van der Waals surface area contributed by atoms with Crippen LogP contribution in [0.4, 0.5) is 0 Å². The lowest BCUT2D eigenvalue weighted by atomic mass is 10.2. The zero-order chi connectivity index (χ0) is 21.3. The molecule has 0 spiro atoms. The maximum absolute atomic E-state index is 12.7. The third-order valence-electron chi connectivity index (χ3n) is 4.50. The van der Waals surface area contributed by atoms with Gasteiger partial charge in [0.25, 0.3) is 5.56 Å². The molecule has 8 nitrogen and oxygen atoms in total. The van der Waals surface area contributed by atoms with Gasteiger partial charge in [-0.15, -0.1) is 21.5 Å². The lowest BCUT2D eigenvalue weighted by Gasteiger charge is -2.11. The zero-order valence-corrected chi connectivity index (χ0v) is 18.2. The number of hydrogen-bond donors (Lipinski definition) is 1. The van der Waals surface area contributed by atoms with Crippen LogP contribution in [0.15, 0.2) is 46.6 Å². The Balaban J connectivity index is 1.67. The van der Waals surface area contributed by atoms with Gasteiger partial charge in [0, 0.05) is 5.69 Å². The molecule has 3 aromatic heterocycles. The Kier molecular flexibility index (Phi) is 5.69. The van der Waals surface area contributed by atoms with Crippen LogP contribution < -0.4 is 5.56 Å². The van der Waals surface area contributed by atoms with Crippen molar-refractivity contribution < 1.29 is 9.53 Å². The molecule has 10 heteroatoms. The topological polar surface area (TPSA) is 103 Å². The minimum atomic E-state index is -0.433. The molecule has 0 aliphatic heterocycles. The maximum atomic E-state index is 12.7. The molecule has 30 heavy (non-hydrogen) atoms. The summed E-state index contributed by atoms with van der Waals surface area (Å²) in [6.45, 7) is 5.70. The Hall–Kier alpha value is -2.98. The van der Waals surface area contributed by atoms with Gasteiger partial charge in [0.05, 0.1) is 17.2 Å². The molecule has 0 saturated heterocycles. The highest BCUT2D eigenvalue weighted by atomic mass is 32.2. The molecule has 0 bridgehead atoms. The number of para-hydroxylation sites is 1. The molecule has 3 heterocycles. The van der Waals surface area contributed by atoms with Crippen molar-refractivity contribution in [1.82, 2.24) is 24.7 Å². The molecular weight excluding hydrogens is 422 g/mol. The number of carbonyl (C=O) groups is 1. The first-order valence-electron chi connectivity index (χ1n) is 9.32. The molecule has 4 aromatic rings. The number of esters is 1. The van der Waals surface area contributed by atoms with Crippen LogP contribution in [0.2, 0.25) is 0 Å². The van der Waals surface area contributed by atoms with E-state index in [1.165, 1.54) is 23.1 Å². The number of hydrogen-bond acceptors (Lipinski definition) is 8. The van der Waals surface area contributed by atoms with Crippen LogP contribution in [-0.4, -0.2) is 37.3 Å². The number of thioether (sulfide) groups is 1. The number of aromatic amines is 1. The average molecular weight is 442 g/mol. The fraction of sp³-hybridized carbons (Fsp3) is 0.250. The highest BCUT2D eigenvalue weighted by Crippen LogP contribution is 2.34. The largest absolute Gasteiger partial charge is 0.462 e. The number of thiophene rings is 1. The molecule has 0 fully saturated rings. The van der Waals surface area contributed by atoms with Gasteiger partial charge in [-0.05, 0) is 38.5 Å². The monoisotopic (exact) mass is 441 g/mol. The van der Waals surface area contributed by atoms with Gasteiger partial charge >= 0.3 is 5.97 Å². The SMILES string of the molecule is CCOC(=O)c1sc2nc(C(C)Sc3nncn3-c3ccccc3)[nH]c(=O)c2c1C. The first-order valence-corrected chi connectivity index (χ1v) is 11.0. The Morgan fingerprint density at radius 2 is 2.10 bits per heavy atom. The molecule has 1 atom stereocenters. The fourth-order valence-corrected chi connectivity index (χ4v) is 5.01. The summed E-state index contributed by atoms with van der Waals surface area (Å²) in [5.41, 5.74) is 1.27. The number of nitrogens with zero attached hydrogens (tertiary/aromatic N) is 4. The highest BCUT2D eigenvalue weighted by molar-refractivity contribution is 7.99. The third-order valence-corrected chi connectivity index (χ3v) is 6.73. The zero-order valence-electron chi connectivity index (χ0n) is 16.6. The highest BCUT2D eigenvalue weighted by Gasteiger charge is 2.22. The van der Waals surface area contributed by atoms with Crippen molar-refractivity contribution in [2.75, 3.05) is 6.61 Å². The van der Waals surface area contributed by atoms with Crippen LogP contribution in [0.3, 0.4) is 0 Å². The van der Waals surface area contributed by atoms with Crippen LogP contribution in [0.5, 0.6) is 0 Å². The van der Waals surface area contributed by atoms with E-state index in [0.717, 1.165) is 5.69 Å². The molecule has 0 radical (unpaired) electrons. The van der Waals surface area contributed by atoms with E-state index in [4.69, 9.17) is 4.74 Å². The van der Waals surface area contributed by atoms with Crippen LogP contribution in [-0.2, 0) is 4.74 Å². The lowest BCUT2D eigenvalue weighted by Crippen LogP contribution is -2.13. The van der Waals surface area contributed by atoms with E-state index in [2.05, 4.69) is 20.2 Å². The van der Waals surface area contributed by atoms with Crippen molar-refractivity contribution in [1.29, 1.82) is 0 Å². The molecule has 1 unspecified atom stereocenters. The van der Waals surface area contributed by atoms with Crippen molar-refractivity contribution >= 4 is 39.3 Å². The lowest BCUT2D eigenvalue weighted by molar-refractivity contribution is 0.0531. The number of fused-ring (bicyclic) bond motifs is 1. The van der Waals surface area contributed by atoms with Gasteiger partial charge < -0.3 is 9.72 Å². The van der Waals surface area contributed by atoms with Gasteiger partial charge in [0.2, 0.25) is 0 Å². The van der Waals surface area contributed by atoms with Crippen LogP contribution in [0, 0.1) is 6.92 Å². The molecule has 0 aliphatic carbocycles. The number of carbonyl (C=O) groups excluding carboxylic acids is 1. The summed E-state index contributed by atoms with van der Waals surface area (Å²) >= 11 is 2.61. The van der Waals surface area contributed by atoms with E-state index in [1.54, 1.807) is 20.2 Å². The number of ether oxygens (including phenoxy) is 1. The van der Waals surface area contributed by atoms with E-state index in [0.29, 0.717) is 31.6 Å². The van der Waals surface area contributed by atoms with Gasteiger partial charge in [0.15, 0.2) is 5.16 Å². The van der Waals surface area contributed by atoms with Crippen LogP contribution in [0.1, 0.15) is 40.2 Å². The van der Waals surface area contributed by atoms with Crippen LogP contribution >= 0.6 is 23.1 Å². The molecule has 1 N–H and O–H groups in total. The predicted octanol–water partition coefficient (Wildman–Crippen LogP) is 3.90. The molecule has 4 rings (SSSR count). The average Bonchev–Trinajstić information content (AvgIpc) is 3.33. The normalized spacial score (nSPS) is 12.2. The first kappa shape index (κ1) is 20.3. The summed E-state index contributed by atoms with van der Waals surface area (Å²) in [4.78, 5) is 33.3. The van der Waals surface area contributed by atoms with Crippen LogP contribution in [0.25, 0.3) is 15.9 Å². The van der Waals surface area contributed by atoms with Gasteiger partial charge in [-0.25, -0.2) is 9.78 Å². The number of aromatic nitrogens is 5. The van der Waals surface area contributed by atoms with Gasteiger partial charge in [0.1, 0.15) is 21.9 Å². The van der Waals surface area contributed by atoms with Gasteiger partial charge in [-0.1, -0.05) is 30.0 Å². The Labute approximate surface area is 180 Å². The molecule has 154 valence electrons. The van der Waals surface area contributed by atoms with E-state index >= 15 is 0 Å². The summed E-state index contributed by atoms with van der Waals surface area (Å²) in [5, 5.41) is 9.14. The second kappa shape index (κ2) is 8.41. The van der Waals surface area contributed by atoms with E-state index in [9.17, 15) is 9.59 Å². The molecular formula is C20H19N5O3S2. The summed E-state index contributed by atoms with van der Waals surface area (Å²) in [7, 11) is 0. The third kappa shape index (κ3) is 3.75. The summed E-state index contributed by atoms with van der Waals surface area (Å²) in [5.74, 6) is 0.0779. The molecule has 0 saturated carbocycles.